The zero-order chi connectivity index (χ0) is 16.9. The van der Waals surface area contributed by atoms with Gasteiger partial charge in [-0.2, -0.15) is 0 Å². The Morgan fingerprint density at radius 2 is 2.04 bits per heavy atom. The van der Waals surface area contributed by atoms with Crippen LogP contribution in [0, 0.1) is 11.8 Å². The van der Waals surface area contributed by atoms with E-state index in [0.29, 0.717) is 0 Å². The van der Waals surface area contributed by atoms with Crippen LogP contribution in [0.25, 0.3) is 0 Å². The van der Waals surface area contributed by atoms with Crippen molar-refractivity contribution in [2.45, 2.75) is 25.2 Å². The standard InChI is InChI=1S/C16H20O7/c1-16(22-3)5-7-8(6-23-16)14(19)11-9(17)4-10(21-2)15(20)12(11)13(7)18/h4,7-8,13,17-18,20H,5-6H2,1-3H3/t7-,8-,13-,16+/m0/s1. The van der Waals surface area contributed by atoms with E-state index in [1.165, 1.54) is 20.3 Å². The molecule has 1 aromatic carbocycles. The van der Waals surface area contributed by atoms with Crippen molar-refractivity contribution in [2.24, 2.45) is 11.8 Å². The van der Waals surface area contributed by atoms with Crippen LogP contribution in [0.1, 0.15) is 35.4 Å². The number of aromatic hydroxyl groups is 2. The molecule has 3 N–H and O–H groups in total. The second-order valence-corrected chi connectivity index (χ2v) is 6.17. The monoisotopic (exact) mass is 324 g/mol. The summed E-state index contributed by atoms with van der Waals surface area (Å²) >= 11 is 0. The lowest BCUT2D eigenvalue weighted by Gasteiger charge is -2.45. The Bertz CT molecular complexity index is 656. The molecule has 7 heteroatoms. The highest BCUT2D eigenvalue weighted by Crippen LogP contribution is 2.52. The van der Waals surface area contributed by atoms with Crippen molar-refractivity contribution in [2.75, 3.05) is 20.8 Å². The summed E-state index contributed by atoms with van der Waals surface area (Å²) in [6.45, 7) is 1.81. The van der Waals surface area contributed by atoms with E-state index in [-0.39, 0.29) is 47.2 Å². The maximum atomic E-state index is 12.7. The number of rotatable bonds is 2. The average Bonchev–Trinajstić information content (AvgIpc) is 2.54. The molecule has 4 atom stereocenters. The number of phenols is 2. The van der Waals surface area contributed by atoms with E-state index in [0.717, 1.165) is 0 Å². The Balaban J connectivity index is 2.13. The van der Waals surface area contributed by atoms with Crippen molar-refractivity contribution in [1.82, 2.24) is 0 Å². The molecule has 1 aromatic rings. The van der Waals surface area contributed by atoms with E-state index in [2.05, 4.69) is 0 Å². The van der Waals surface area contributed by atoms with Crippen LogP contribution in [0.4, 0.5) is 0 Å². The molecule has 0 radical (unpaired) electrons. The molecular weight excluding hydrogens is 304 g/mol. The minimum atomic E-state index is -1.13. The van der Waals surface area contributed by atoms with Crippen LogP contribution in [-0.2, 0) is 9.47 Å². The lowest BCUT2D eigenvalue weighted by atomic mass is 9.69. The summed E-state index contributed by atoms with van der Waals surface area (Å²) in [4.78, 5) is 12.7. The highest BCUT2D eigenvalue weighted by molar-refractivity contribution is 6.04. The Morgan fingerprint density at radius 1 is 1.35 bits per heavy atom. The van der Waals surface area contributed by atoms with E-state index in [9.17, 15) is 20.1 Å². The fraction of sp³-hybridized carbons (Fsp3) is 0.562. The van der Waals surface area contributed by atoms with Crippen LogP contribution in [0.5, 0.6) is 17.2 Å². The van der Waals surface area contributed by atoms with Crippen LogP contribution >= 0.6 is 0 Å². The van der Waals surface area contributed by atoms with Crippen molar-refractivity contribution in [3.8, 4) is 17.2 Å². The van der Waals surface area contributed by atoms with Crippen LogP contribution in [0.15, 0.2) is 6.07 Å². The molecule has 1 aliphatic carbocycles. The smallest absolute Gasteiger partial charge is 0.172 e. The zero-order valence-electron chi connectivity index (χ0n) is 13.2. The molecule has 0 unspecified atom stereocenters. The van der Waals surface area contributed by atoms with E-state index in [1.54, 1.807) is 6.92 Å². The average molecular weight is 324 g/mol. The number of aliphatic hydroxyl groups excluding tert-OH is 1. The molecule has 0 aromatic heterocycles. The number of hydrogen-bond acceptors (Lipinski definition) is 7. The molecule has 126 valence electrons. The van der Waals surface area contributed by atoms with Gasteiger partial charge in [0.15, 0.2) is 23.1 Å². The van der Waals surface area contributed by atoms with Crippen molar-refractivity contribution in [3.63, 3.8) is 0 Å². The largest absolute Gasteiger partial charge is 0.507 e. The Kier molecular flexibility index (Phi) is 3.74. The Hall–Kier alpha value is -1.83. The number of carbonyl (C=O) groups is 1. The highest BCUT2D eigenvalue weighted by Gasteiger charge is 2.51. The van der Waals surface area contributed by atoms with Gasteiger partial charge in [-0.15, -0.1) is 0 Å². The first-order chi connectivity index (χ1) is 10.8. The molecule has 0 spiro atoms. The van der Waals surface area contributed by atoms with Gasteiger partial charge in [-0.25, -0.2) is 0 Å². The third-order valence-electron chi connectivity index (χ3n) is 4.91. The lowest BCUT2D eigenvalue weighted by molar-refractivity contribution is -0.257. The van der Waals surface area contributed by atoms with Crippen LogP contribution in [0.2, 0.25) is 0 Å². The fourth-order valence-electron chi connectivity index (χ4n) is 3.52. The van der Waals surface area contributed by atoms with E-state index in [1.807, 2.05) is 0 Å². The number of hydrogen-bond donors (Lipinski definition) is 3. The molecule has 0 bridgehead atoms. The van der Waals surface area contributed by atoms with Crippen molar-refractivity contribution in [1.29, 1.82) is 0 Å². The van der Waals surface area contributed by atoms with Gasteiger partial charge in [0, 0.05) is 31.1 Å². The molecule has 23 heavy (non-hydrogen) atoms. The fourth-order valence-corrected chi connectivity index (χ4v) is 3.52. The molecular formula is C16H20O7. The summed E-state index contributed by atoms with van der Waals surface area (Å²) < 4.78 is 15.9. The molecule has 1 saturated heterocycles. The first-order valence-corrected chi connectivity index (χ1v) is 7.37. The maximum Gasteiger partial charge on any atom is 0.172 e. The molecule has 1 fully saturated rings. The predicted molar refractivity (Wildman–Crippen MR) is 78.6 cm³/mol. The van der Waals surface area contributed by atoms with Crippen LogP contribution < -0.4 is 4.74 Å². The van der Waals surface area contributed by atoms with Gasteiger partial charge in [0.2, 0.25) is 0 Å². The lowest BCUT2D eigenvalue weighted by Crippen LogP contribution is -2.49. The van der Waals surface area contributed by atoms with E-state index in [4.69, 9.17) is 14.2 Å². The molecule has 1 heterocycles. The SMILES string of the molecule is COc1cc(O)c2c(c1O)[C@@H](O)[C@H]1C[C@](C)(OC)OC[C@@H]1C2=O. The van der Waals surface area contributed by atoms with Gasteiger partial charge in [-0.3, -0.25) is 4.79 Å². The van der Waals surface area contributed by atoms with Gasteiger partial charge >= 0.3 is 0 Å². The van der Waals surface area contributed by atoms with E-state index >= 15 is 0 Å². The first kappa shape index (κ1) is 16.0. The number of benzene rings is 1. The Morgan fingerprint density at radius 3 is 2.65 bits per heavy atom. The number of methoxy groups -OCH3 is 2. The third-order valence-corrected chi connectivity index (χ3v) is 4.91. The zero-order valence-corrected chi connectivity index (χ0v) is 13.2. The summed E-state index contributed by atoms with van der Waals surface area (Å²) in [5, 5.41) is 31.2. The second kappa shape index (κ2) is 5.36. The number of fused-ring (bicyclic) bond motifs is 2. The maximum absolute atomic E-state index is 12.7. The quantitative estimate of drug-likeness (QED) is 0.705. The van der Waals surface area contributed by atoms with Crippen LogP contribution in [-0.4, -0.2) is 47.7 Å². The predicted octanol–water partition coefficient (Wildman–Crippen LogP) is 1.35. The minimum Gasteiger partial charge on any atom is -0.507 e. The second-order valence-electron chi connectivity index (χ2n) is 6.17. The highest BCUT2D eigenvalue weighted by atomic mass is 16.7. The Labute approximate surface area is 133 Å². The molecule has 7 nitrogen and oxygen atoms in total. The molecule has 0 saturated carbocycles. The van der Waals surface area contributed by atoms with Gasteiger partial charge in [0.1, 0.15) is 5.75 Å². The van der Waals surface area contributed by atoms with Gasteiger partial charge in [0.05, 0.1) is 31.3 Å². The number of carbonyl (C=O) groups excluding carboxylic acids is 1. The molecule has 3 rings (SSSR count). The van der Waals surface area contributed by atoms with Crippen molar-refractivity contribution in [3.05, 3.63) is 17.2 Å². The first-order valence-electron chi connectivity index (χ1n) is 7.37. The van der Waals surface area contributed by atoms with Gasteiger partial charge < -0.3 is 29.5 Å². The van der Waals surface area contributed by atoms with Crippen molar-refractivity contribution < 1.29 is 34.3 Å². The summed E-state index contributed by atoms with van der Waals surface area (Å²) in [7, 11) is 2.83. The molecule has 1 aliphatic heterocycles. The normalized spacial score (nSPS) is 33.0. The summed E-state index contributed by atoms with van der Waals surface area (Å²) in [6, 6.07) is 1.17. The third kappa shape index (κ3) is 2.27. The summed E-state index contributed by atoms with van der Waals surface area (Å²) in [5.74, 6) is -2.99. The number of ketones is 1. The summed E-state index contributed by atoms with van der Waals surface area (Å²) in [5.41, 5.74) is -0.0601. The number of ether oxygens (including phenoxy) is 3. The summed E-state index contributed by atoms with van der Waals surface area (Å²) in [6.07, 6.45) is -0.843. The number of Topliss-reactive ketones (excluding diaryl/α,β-unsaturated/α-hetero) is 1. The van der Waals surface area contributed by atoms with Gasteiger partial charge in [-0.1, -0.05) is 0 Å². The number of aliphatic hydroxyl groups is 1. The minimum absolute atomic E-state index is 0.00751. The van der Waals surface area contributed by atoms with E-state index < -0.39 is 23.7 Å². The molecule has 0 amide bonds. The van der Waals surface area contributed by atoms with Crippen molar-refractivity contribution >= 4 is 5.78 Å². The topological polar surface area (TPSA) is 105 Å². The molecule has 2 aliphatic rings. The number of phenolic OH excluding ortho intramolecular Hbond substituents is 2. The van der Waals surface area contributed by atoms with Gasteiger partial charge in [0.25, 0.3) is 0 Å². The van der Waals surface area contributed by atoms with Gasteiger partial charge in [-0.05, 0) is 6.92 Å². The van der Waals surface area contributed by atoms with Crippen LogP contribution in [0.3, 0.4) is 0 Å².